The predicted octanol–water partition coefficient (Wildman–Crippen LogP) is 3.53. The van der Waals surface area contributed by atoms with Crippen molar-refractivity contribution in [3.8, 4) is 0 Å². The van der Waals surface area contributed by atoms with Gasteiger partial charge in [-0.2, -0.15) is 0 Å². The number of nitrogens with one attached hydrogen (secondary N) is 2. The Kier molecular flexibility index (Phi) is 4.92. The van der Waals surface area contributed by atoms with E-state index in [2.05, 4.69) is 31.0 Å². The van der Waals surface area contributed by atoms with E-state index in [1.54, 1.807) is 0 Å². The normalized spacial score (nSPS) is 11.6. The van der Waals surface area contributed by atoms with E-state index >= 15 is 0 Å². The fraction of sp³-hybridized carbons (Fsp3) is 0.125. The number of halogens is 1. The average molecular weight is 440 g/mol. The topological polar surface area (TPSA) is 88.2 Å². The van der Waals surface area contributed by atoms with Crippen molar-refractivity contribution in [2.24, 2.45) is 0 Å². The molecule has 0 fully saturated rings. The lowest BCUT2D eigenvalue weighted by molar-refractivity contribution is 0.102. The molecule has 2 aromatic carbocycles. The zero-order valence-corrected chi connectivity index (χ0v) is 16.5. The fourth-order valence-electron chi connectivity index (χ4n) is 2.21. The lowest BCUT2D eigenvalue weighted by Gasteiger charge is -2.08. The minimum atomic E-state index is -3.63. The molecular weight excluding hydrogens is 426 g/mol. The number of thiazole rings is 1. The largest absolute Gasteiger partial charge is 0.298 e. The fourth-order valence-corrected chi connectivity index (χ4v) is 4.35. The summed E-state index contributed by atoms with van der Waals surface area (Å²) in [6.07, 6.45) is 0. The number of carbonyl (C=O) groups excluding carboxylic acids is 1. The van der Waals surface area contributed by atoms with E-state index in [1.807, 2.05) is 25.1 Å². The van der Waals surface area contributed by atoms with Crippen LogP contribution in [0.25, 0.3) is 10.2 Å². The van der Waals surface area contributed by atoms with E-state index in [1.165, 1.54) is 36.6 Å². The number of anilines is 1. The van der Waals surface area contributed by atoms with E-state index in [-0.39, 0.29) is 10.5 Å². The summed E-state index contributed by atoms with van der Waals surface area (Å²) in [5.41, 5.74) is 2.13. The summed E-state index contributed by atoms with van der Waals surface area (Å²) >= 11 is 4.65. The van der Waals surface area contributed by atoms with E-state index in [4.69, 9.17) is 0 Å². The molecule has 0 radical (unpaired) electrons. The highest BCUT2D eigenvalue weighted by molar-refractivity contribution is 9.10. The van der Waals surface area contributed by atoms with Gasteiger partial charge in [-0.1, -0.05) is 17.4 Å². The van der Waals surface area contributed by atoms with Crippen molar-refractivity contribution >= 4 is 58.5 Å². The van der Waals surface area contributed by atoms with Crippen LogP contribution in [0, 0.1) is 6.92 Å². The van der Waals surface area contributed by atoms with Gasteiger partial charge in [0.15, 0.2) is 5.13 Å². The van der Waals surface area contributed by atoms with E-state index in [0.29, 0.717) is 9.60 Å². The smallest absolute Gasteiger partial charge is 0.258 e. The monoisotopic (exact) mass is 439 g/mol. The molecule has 25 heavy (non-hydrogen) atoms. The van der Waals surface area contributed by atoms with Crippen molar-refractivity contribution in [2.45, 2.75) is 11.8 Å². The zero-order valence-electron chi connectivity index (χ0n) is 13.3. The van der Waals surface area contributed by atoms with E-state index < -0.39 is 15.9 Å². The molecule has 6 nitrogen and oxygen atoms in total. The maximum Gasteiger partial charge on any atom is 0.258 e. The Morgan fingerprint density at radius 3 is 2.68 bits per heavy atom. The highest BCUT2D eigenvalue weighted by Crippen LogP contribution is 2.28. The number of sulfonamides is 1. The first-order valence-corrected chi connectivity index (χ1v) is 10.3. The van der Waals surface area contributed by atoms with Gasteiger partial charge in [-0.05, 0) is 65.8 Å². The predicted molar refractivity (Wildman–Crippen MR) is 103 cm³/mol. The number of rotatable bonds is 4. The van der Waals surface area contributed by atoms with Crippen molar-refractivity contribution in [3.05, 3.63) is 52.0 Å². The van der Waals surface area contributed by atoms with E-state index in [0.717, 1.165) is 15.8 Å². The molecule has 0 saturated heterocycles. The zero-order chi connectivity index (χ0) is 18.2. The first-order chi connectivity index (χ1) is 11.8. The summed E-state index contributed by atoms with van der Waals surface area (Å²) in [6, 6.07) is 10.1. The summed E-state index contributed by atoms with van der Waals surface area (Å²) in [7, 11) is -2.31. The lowest BCUT2D eigenvalue weighted by atomic mass is 10.2. The second kappa shape index (κ2) is 6.83. The number of nitrogens with zero attached hydrogens (tertiary/aromatic N) is 1. The van der Waals surface area contributed by atoms with Gasteiger partial charge in [-0.15, -0.1) is 0 Å². The van der Waals surface area contributed by atoms with E-state index in [9.17, 15) is 13.2 Å². The Morgan fingerprint density at radius 2 is 1.96 bits per heavy atom. The van der Waals surface area contributed by atoms with Crippen LogP contribution in [-0.4, -0.2) is 26.4 Å². The molecule has 0 atom stereocenters. The third-order valence-corrected chi connectivity index (χ3v) is 6.56. The number of aromatic nitrogens is 1. The molecule has 0 unspecified atom stereocenters. The van der Waals surface area contributed by atoms with Crippen LogP contribution in [0.3, 0.4) is 0 Å². The van der Waals surface area contributed by atoms with Crippen LogP contribution in [0.5, 0.6) is 0 Å². The molecular formula is C16H14BrN3O3S2. The molecule has 1 heterocycles. The van der Waals surface area contributed by atoms with Crippen LogP contribution in [0.1, 0.15) is 15.9 Å². The van der Waals surface area contributed by atoms with Crippen LogP contribution in [0.4, 0.5) is 5.13 Å². The molecule has 0 aliphatic rings. The molecule has 3 rings (SSSR count). The number of amides is 1. The van der Waals surface area contributed by atoms with Crippen LogP contribution in [0.15, 0.2) is 45.8 Å². The maximum atomic E-state index is 12.6. The number of carbonyl (C=O) groups is 1. The van der Waals surface area contributed by atoms with Gasteiger partial charge in [-0.3, -0.25) is 10.1 Å². The van der Waals surface area contributed by atoms with Crippen molar-refractivity contribution in [3.63, 3.8) is 0 Å². The van der Waals surface area contributed by atoms with Crippen molar-refractivity contribution < 1.29 is 13.2 Å². The van der Waals surface area contributed by atoms with Crippen molar-refractivity contribution in [1.29, 1.82) is 0 Å². The Bertz CT molecular complexity index is 1080. The van der Waals surface area contributed by atoms with Gasteiger partial charge in [0.05, 0.1) is 20.7 Å². The van der Waals surface area contributed by atoms with Crippen LogP contribution in [0.2, 0.25) is 0 Å². The standard InChI is InChI=1S/C16H14BrN3O3S2/c1-9-3-6-13-14(7-9)24-16(19-13)20-15(21)11-8-10(4-5-12(11)17)25(22,23)18-2/h3-8,18H,1-2H3,(H,19,20,21). The average Bonchev–Trinajstić information content (AvgIpc) is 2.96. The van der Waals surface area contributed by atoms with Gasteiger partial charge in [0.1, 0.15) is 0 Å². The third-order valence-electron chi connectivity index (χ3n) is 3.53. The summed E-state index contributed by atoms with van der Waals surface area (Å²) < 4.78 is 27.6. The number of aryl methyl sites for hydroxylation is 1. The summed E-state index contributed by atoms with van der Waals surface area (Å²) in [5, 5.41) is 3.19. The van der Waals surface area contributed by atoms with Gasteiger partial charge in [0.25, 0.3) is 5.91 Å². The van der Waals surface area contributed by atoms with Gasteiger partial charge in [0.2, 0.25) is 10.0 Å². The Balaban J connectivity index is 1.93. The third kappa shape index (κ3) is 3.74. The Hall–Kier alpha value is -1.81. The van der Waals surface area contributed by atoms with Crippen LogP contribution >= 0.6 is 27.3 Å². The quantitative estimate of drug-likeness (QED) is 0.650. The second-order valence-electron chi connectivity index (χ2n) is 5.29. The highest BCUT2D eigenvalue weighted by atomic mass is 79.9. The number of fused-ring (bicyclic) bond motifs is 1. The first-order valence-electron chi connectivity index (χ1n) is 7.22. The van der Waals surface area contributed by atoms with Gasteiger partial charge in [-0.25, -0.2) is 18.1 Å². The SMILES string of the molecule is CNS(=O)(=O)c1ccc(Br)c(C(=O)Nc2nc3ccc(C)cc3s2)c1. The molecule has 1 amide bonds. The molecule has 0 saturated carbocycles. The van der Waals surface area contributed by atoms with Crippen molar-refractivity contribution in [2.75, 3.05) is 12.4 Å². The maximum absolute atomic E-state index is 12.6. The van der Waals surface area contributed by atoms with Gasteiger partial charge >= 0.3 is 0 Å². The van der Waals surface area contributed by atoms with Crippen LogP contribution < -0.4 is 10.0 Å². The minimum Gasteiger partial charge on any atom is -0.298 e. The number of hydrogen-bond acceptors (Lipinski definition) is 5. The Labute approximate surface area is 157 Å². The summed E-state index contributed by atoms with van der Waals surface area (Å²) in [4.78, 5) is 17.0. The molecule has 3 aromatic rings. The second-order valence-corrected chi connectivity index (χ2v) is 9.07. The summed E-state index contributed by atoms with van der Waals surface area (Å²) in [6.45, 7) is 1.99. The molecule has 0 spiro atoms. The molecule has 130 valence electrons. The van der Waals surface area contributed by atoms with Gasteiger partial charge < -0.3 is 0 Å². The molecule has 1 aromatic heterocycles. The molecule has 0 aliphatic carbocycles. The Morgan fingerprint density at radius 1 is 1.20 bits per heavy atom. The number of benzene rings is 2. The minimum absolute atomic E-state index is 0.0169. The van der Waals surface area contributed by atoms with Crippen LogP contribution in [-0.2, 0) is 10.0 Å². The lowest BCUT2D eigenvalue weighted by Crippen LogP contribution is -2.20. The highest BCUT2D eigenvalue weighted by Gasteiger charge is 2.18. The molecule has 2 N–H and O–H groups in total. The molecule has 9 heteroatoms. The number of hydrogen-bond donors (Lipinski definition) is 2. The van der Waals surface area contributed by atoms with Gasteiger partial charge in [0, 0.05) is 4.47 Å². The summed E-state index contributed by atoms with van der Waals surface area (Å²) in [5.74, 6) is -0.434. The first kappa shape index (κ1) is 18.0. The molecule has 0 bridgehead atoms. The molecule has 0 aliphatic heterocycles. The van der Waals surface area contributed by atoms with Crippen molar-refractivity contribution in [1.82, 2.24) is 9.71 Å².